The van der Waals surface area contributed by atoms with E-state index >= 15 is 0 Å². The van der Waals surface area contributed by atoms with Crippen LogP contribution >= 0.6 is 0 Å². The van der Waals surface area contributed by atoms with Crippen molar-refractivity contribution in [3.63, 3.8) is 0 Å². The van der Waals surface area contributed by atoms with E-state index in [1.54, 1.807) is 6.33 Å². The van der Waals surface area contributed by atoms with Crippen molar-refractivity contribution in [2.75, 3.05) is 0 Å². The van der Waals surface area contributed by atoms with Crippen molar-refractivity contribution in [1.29, 1.82) is 0 Å². The number of aromatic nitrogens is 3. The summed E-state index contributed by atoms with van der Waals surface area (Å²) in [4.78, 5) is 4.29. The number of hydrogen-bond acceptors (Lipinski definition) is 4. The van der Waals surface area contributed by atoms with Gasteiger partial charge in [0.25, 0.3) is 0 Å². The summed E-state index contributed by atoms with van der Waals surface area (Å²) in [7, 11) is 0. The predicted molar refractivity (Wildman–Crippen MR) is 64.7 cm³/mol. The van der Waals surface area contributed by atoms with Crippen molar-refractivity contribution < 1.29 is 0 Å². The molecule has 1 unspecified atom stereocenters. The lowest BCUT2D eigenvalue weighted by Crippen LogP contribution is -2.38. The molecule has 0 amide bonds. The zero-order valence-electron chi connectivity index (χ0n) is 10.6. The molecule has 3 N–H and O–H groups in total. The first-order valence-electron chi connectivity index (χ1n) is 5.89. The molecule has 5 nitrogen and oxygen atoms in total. The lowest BCUT2D eigenvalue weighted by atomic mass is 10.0. The topological polar surface area (TPSA) is 68.8 Å². The molecule has 1 aromatic heterocycles. The quantitative estimate of drug-likeness (QED) is 0.565. The molecule has 0 aliphatic carbocycles. The molecule has 1 atom stereocenters. The molecular formula is C11H23N5. The number of nitrogens with one attached hydrogen (secondary N) is 1. The summed E-state index contributed by atoms with van der Waals surface area (Å²) < 4.78 is 1.95. The van der Waals surface area contributed by atoms with Crippen LogP contribution in [0.25, 0.3) is 0 Å². The lowest BCUT2D eigenvalue weighted by molar-refractivity contribution is 0.401. The highest BCUT2D eigenvalue weighted by molar-refractivity contribution is 4.91. The summed E-state index contributed by atoms with van der Waals surface area (Å²) >= 11 is 0. The largest absolute Gasteiger partial charge is 0.271 e. The molecule has 92 valence electrons. The number of rotatable bonds is 6. The number of nitrogens with two attached hydrogens (primary N) is 1. The highest BCUT2D eigenvalue weighted by atomic mass is 15.3. The fraction of sp³-hybridized carbons (Fsp3) is 0.818. The van der Waals surface area contributed by atoms with Crippen LogP contribution in [0.3, 0.4) is 0 Å². The van der Waals surface area contributed by atoms with Gasteiger partial charge in [-0.1, -0.05) is 13.8 Å². The summed E-state index contributed by atoms with van der Waals surface area (Å²) in [6.07, 6.45) is 3.48. The van der Waals surface area contributed by atoms with Gasteiger partial charge in [0, 0.05) is 18.5 Å². The zero-order valence-corrected chi connectivity index (χ0v) is 10.6. The number of hydrazine groups is 1. The van der Waals surface area contributed by atoms with Gasteiger partial charge in [-0.15, -0.1) is 0 Å². The third-order valence-corrected chi connectivity index (χ3v) is 2.56. The second-order valence-corrected chi connectivity index (χ2v) is 4.91. The molecule has 0 spiro atoms. The lowest BCUT2D eigenvalue weighted by Gasteiger charge is -2.18. The first kappa shape index (κ1) is 13.1. The van der Waals surface area contributed by atoms with Crippen molar-refractivity contribution in [2.24, 2.45) is 11.8 Å². The molecule has 5 heteroatoms. The molecule has 0 aliphatic heterocycles. The monoisotopic (exact) mass is 225 g/mol. The maximum absolute atomic E-state index is 5.56. The van der Waals surface area contributed by atoms with E-state index in [-0.39, 0.29) is 6.04 Å². The third-order valence-electron chi connectivity index (χ3n) is 2.56. The maximum atomic E-state index is 5.56. The van der Waals surface area contributed by atoms with Gasteiger partial charge in [0.15, 0.2) is 0 Å². The van der Waals surface area contributed by atoms with Gasteiger partial charge >= 0.3 is 0 Å². The minimum atomic E-state index is 0.265. The summed E-state index contributed by atoms with van der Waals surface area (Å²) in [5.41, 5.74) is 2.86. The third kappa shape index (κ3) is 3.57. The van der Waals surface area contributed by atoms with Gasteiger partial charge < -0.3 is 0 Å². The first-order valence-corrected chi connectivity index (χ1v) is 5.89. The molecule has 0 saturated carbocycles. The molecule has 0 aromatic carbocycles. The highest BCUT2D eigenvalue weighted by Gasteiger charge is 2.15. The van der Waals surface area contributed by atoms with E-state index in [1.165, 1.54) is 0 Å². The molecule has 1 heterocycles. The van der Waals surface area contributed by atoms with E-state index in [0.717, 1.165) is 18.7 Å². The average Bonchev–Trinajstić information content (AvgIpc) is 2.64. The van der Waals surface area contributed by atoms with Crippen molar-refractivity contribution in [3.8, 4) is 0 Å². The Morgan fingerprint density at radius 2 is 2.06 bits per heavy atom. The van der Waals surface area contributed by atoms with Gasteiger partial charge in [0.1, 0.15) is 12.2 Å². The van der Waals surface area contributed by atoms with Crippen molar-refractivity contribution >= 4 is 0 Å². The SMILES string of the molecule is CC(C)CC(Cc1ncnn1C(C)C)NN. The molecule has 0 radical (unpaired) electrons. The van der Waals surface area contributed by atoms with Gasteiger partial charge in [0.05, 0.1) is 0 Å². The van der Waals surface area contributed by atoms with Crippen LogP contribution in [-0.4, -0.2) is 20.8 Å². The smallest absolute Gasteiger partial charge is 0.138 e. The van der Waals surface area contributed by atoms with Crippen LogP contribution in [0.4, 0.5) is 0 Å². The molecule has 0 saturated heterocycles. The fourth-order valence-corrected chi connectivity index (χ4v) is 1.85. The Bertz CT molecular complexity index is 305. The highest BCUT2D eigenvalue weighted by Crippen LogP contribution is 2.11. The van der Waals surface area contributed by atoms with E-state index in [1.807, 2.05) is 4.68 Å². The summed E-state index contributed by atoms with van der Waals surface area (Å²) in [6.45, 7) is 8.59. The van der Waals surface area contributed by atoms with Crippen LogP contribution in [0.1, 0.15) is 46.0 Å². The molecular weight excluding hydrogens is 202 g/mol. The number of hydrogen-bond donors (Lipinski definition) is 2. The van der Waals surface area contributed by atoms with Crippen LogP contribution in [0.5, 0.6) is 0 Å². The molecule has 16 heavy (non-hydrogen) atoms. The van der Waals surface area contributed by atoms with Gasteiger partial charge in [-0.3, -0.25) is 11.3 Å². The second-order valence-electron chi connectivity index (χ2n) is 4.91. The standard InChI is InChI=1S/C11H23N5/c1-8(2)5-10(15-12)6-11-13-7-14-16(11)9(3)4/h7-10,15H,5-6,12H2,1-4H3. The zero-order chi connectivity index (χ0) is 12.1. The second kappa shape index (κ2) is 5.96. The van der Waals surface area contributed by atoms with Gasteiger partial charge in [-0.05, 0) is 26.2 Å². The summed E-state index contributed by atoms with van der Waals surface area (Å²) in [5, 5.41) is 4.22. The van der Waals surface area contributed by atoms with Gasteiger partial charge in [-0.2, -0.15) is 5.10 Å². The van der Waals surface area contributed by atoms with Gasteiger partial charge in [-0.25, -0.2) is 9.67 Å². The van der Waals surface area contributed by atoms with Crippen LogP contribution in [-0.2, 0) is 6.42 Å². The Balaban J connectivity index is 2.66. The minimum absolute atomic E-state index is 0.265. The minimum Gasteiger partial charge on any atom is -0.271 e. The Morgan fingerprint density at radius 1 is 1.38 bits per heavy atom. The van der Waals surface area contributed by atoms with E-state index in [9.17, 15) is 0 Å². The Labute approximate surface area is 97.4 Å². The maximum Gasteiger partial charge on any atom is 0.138 e. The Hall–Kier alpha value is -0.940. The number of nitrogens with zero attached hydrogens (tertiary/aromatic N) is 3. The molecule has 1 aromatic rings. The average molecular weight is 225 g/mol. The fourth-order valence-electron chi connectivity index (χ4n) is 1.85. The predicted octanol–water partition coefficient (Wildman–Crippen LogP) is 1.28. The van der Waals surface area contributed by atoms with E-state index in [0.29, 0.717) is 12.0 Å². The van der Waals surface area contributed by atoms with Crippen LogP contribution in [0, 0.1) is 5.92 Å². The van der Waals surface area contributed by atoms with Crippen LogP contribution in [0.2, 0.25) is 0 Å². The van der Waals surface area contributed by atoms with E-state index in [4.69, 9.17) is 5.84 Å². The van der Waals surface area contributed by atoms with E-state index in [2.05, 4.69) is 43.2 Å². The van der Waals surface area contributed by atoms with Crippen LogP contribution < -0.4 is 11.3 Å². The molecule has 0 aliphatic rings. The molecule has 0 fully saturated rings. The normalized spacial score (nSPS) is 13.7. The van der Waals surface area contributed by atoms with Crippen molar-refractivity contribution in [3.05, 3.63) is 12.2 Å². The molecule has 1 rings (SSSR count). The van der Waals surface area contributed by atoms with Gasteiger partial charge in [0.2, 0.25) is 0 Å². The van der Waals surface area contributed by atoms with Crippen LogP contribution in [0.15, 0.2) is 6.33 Å². The first-order chi connectivity index (χ1) is 7.54. The summed E-state index contributed by atoms with van der Waals surface area (Å²) in [5.74, 6) is 7.18. The Morgan fingerprint density at radius 3 is 2.56 bits per heavy atom. The summed E-state index contributed by atoms with van der Waals surface area (Å²) in [6, 6.07) is 0.608. The van der Waals surface area contributed by atoms with Crippen molar-refractivity contribution in [2.45, 2.75) is 52.6 Å². The Kier molecular flexibility index (Phi) is 4.89. The van der Waals surface area contributed by atoms with E-state index < -0.39 is 0 Å². The molecule has 0 bridgehead atoms. The van der Waals surface area contributed by atoms with Crippen molar-refractivity contribution in [1.82, 2.24) is 20.2 Å².